The molecule has 3 rings (SSSR count). The molecule has 0 N–H and O–H groups in total. The minimum Gasteiger partial charge on any atom is -0.298 e. The highest BCUT2D eigenvalue weighted by molar-refractivity contribution is 5.28. The maximum absolute atomic E-state index is 13.7. The van der Waals surface area contributed by atoms with E-state index in [1.54, 1.807) is 18.2 Å². The Morgan fingerprint density at radius 3 is 1.77 bits per heavy atom. The van der Waals surface area contributed by atoms with Gasteiger partial charge in [0.25, 0.3) is 0 Å². The molecule has 2 aromatic rings. The van der Waals surface area contributed by atoms with Crippen molar-refractivity contribution in [2.24, 2.45) is 11.8 Å². The van der Waals surface area contributed by atoms with Gasteiger partial charge in [-0.25, -0.2) is 0 Å². The number of benzene rings is 2. The largest absolute Gasteiger partial charge is 0.392 e. The lowest BCUT2D eigenvalue weighted by Crippen LogP contribution is -2.42. The van der Waals surface area contributed by atoms with E-state index >= 15 is 0 Å². The number of nitrogens with zero attached hydrogens (tertiary/aromatic N) is 2. The van der Waals surface area contributed by atoms with E-state index in [9.17, 15) is 26.3 Å². The van der Waals surface area contributed by atoms with Gasteiger partial charge in [-0.1, -0.05) is 61.0 Å². The smallest absolute Gasteiger partial charge is 0.298 e. The number of hydrogen-bond acceptors (Lipinski definition) is 2. The summed E-state index contributed by atoms with van der Waals surface area (Å²) in [5.74, 6) is -5.51. The van der Waals surface area contributed by atoms with Crippen LogP contribution in [-0.2, 0) is 12.8 Å². The molecule has 1 saturated carbocycles. The highest BCUT2D eigenvalue weighted by Crippen LogP contribution is 2.53. The van der Waals surface area contributed by atoms with Crippen molar-refractivity contribution in [3.8, 4) is 6.07 Å². The van der Waals surface area contributed by atoms with E-state index in [2.05, 4.69) is 37.8 Å². The Hall–Kier alpha value is -2.53. The van der Waals surface area contributed by atoms with Gasteiger partial charge in [0.1, 0.15) is 0 Å². The molecule has 0 aromatic heterocycles. The van der Waals surface area contributed by atoms with Crippen LogP contribution in [0.4, 0.5) is 26.3 Å². The zero-order valence-corrected chi connectivity index (χ0v) is 23.2. The first-order chi connectivity index (χ1) is 18.3. The molecule has 2 nitrogen and oxygen atoms in total. The third-order valence-electron chi connectivity index (χ3n) is 7.68. The number of rotatable bonds is 9. The van der Waals surface area contributed by atoms with Crippen LogP contribution in [0.2, 0.25) is 0 Å². The van der Waals surface area contributed by atoms with Gasteiger partial charge in [-0.05, 0) is 69.6 Å². The van der Waals surface area contributed by atoms with Gasteiger partial charge in [-0.3, -0.25) is 4.90 Å². The average molecular weight is 555 g/mol. The number of hydrogen-bond donors (Lipinski definition) is 0. The summed E-state index contributed by atoms with van der Waals surface area (Å²) in [5.41, 5.74) is 2.35. The predicted molar refractivity (Wildman–Crippen MR) is 143 cm³/mol. The second-order valence-corrected chi connectivity index (χ2v) is 10.7. The van der Waals surface area contributed by atoms with Gasteiger partial charge in [0.15, 0.2) is 0 Å². The maximum Gasteiger partial charge on any atom is 0.392 e. The highest BCUT2D eigenvalue weighted by atomic mass is 19.4. The molecule has 1 fully saturated rings. The monoisotopic (exact) mass is 554 g/mol. The fraction of sp³-hybridized carbons (Fsp3) is 0.581. The van der Waals surface area contributed by atoms with Crippen molar-refractivity contribution >= 4 is 0 Å². The molecule has 2 aromatic carbocycles. The number of aryl methyl sites for hydroxylation is 1. The van der Waals surface area contributed by atoms with Crippen molar-refractivity contribution in [1.82, 2.24) is 4.90 Å². The summed E-state index contributed by atoms with van der Waals surface area (Å²) in [6, 6.07) is 19.1. The molecular formula is C31H40F6N2. The summed E-state index contributed by atoms with van der Waals surface area (Å²) in [6.45, 7) is 8.84. The van der Waals surface area contributed by atoms with Crippen LogP contribution < -0.4 is 0 Å². The molecule has 0 bridgehead atoms. The van der Waals surface area contributed by atoms with Crippen molar-refractivity contribution < 1.29 is 26.3 Å². The molecule has 216 valence electrons. The number of nitriles is 1. The summed E-state index contributed by atoms with van der Waals surface area (Å²) in [5, 5.41) is 7.32. The van der Waals surface area contributed by atoms with Crippen LogP contribution in [0.25, 0.3) is 0 Å². The first-order valence-corrected chi connectivity index (χ1v) is 13.6. The maximum atomic E-state index is 13.7. The zero-order chi connectivity index (χ0) is 29.2. The zero-order valence-electron chi connectivity index (χ0n) is 23.2. The summed E-state index contributed by atoms with van der Waals surface area (Å²) in [4.78, 5) is 2.44. The number of alkyl halides is 6. The van der Waals surface area contributed by atoms with Crippen LogP contribution in [0.3, 0.4) is 0 Å². The van der Waals surface area contributed by atoms with Crippen LogP contribution in [-0.4, -0.2) is 35.9 Å². The molecule has 0 amide bonds. The lowest BCUT2D eigenvalue weighted by Gasteiger charge is -2.40. The molecule has 1 aliphatic carbocycles. The van der Waals surface area contributed by atoms with Gasteiger partial charge in [0.2, 0.25) is 0 Å². The van der Waals surface area contributed by atoms with Crippen LogP contribution in [0, 0.1) is 23.2 Å². The van der Waals surface area contributed by atoms with Gasteiger partial charge in [-0.2, -0.15) is 31.6 Å². The Morgan fingerprint density at radius 2 is 1.31 bits per heavy atom. The molecule has 0 aliphatic heterocycles. The molecule has 0 saturated heterocycles. The number of halogens is 6. The van der Waals surface area contributed by atoms with Crippen LogP contribution in [0.1, 0.15) is 76.0 Å². The topological polar surface area (TPSA) is 27.0 Å². The summed E-state index contributed by atoms with van der Waals surface area (Å²) in [6.07, 6.45) is -7.36. The molecule has 0 radical (unpaired) electrons. The van der Waals surface area contributed by atoms with Gasteiger partial charge in [-0.15, -0.1) is 0 Å². The molecule has 1 aliphatic rings. The second kappa shape index (κ2) is 14.7. The summed E-state index contributed by atoms with van der Waals surface area (Å²) in [7, 11) is 0. The lowest BCUT2D eigenvalue weighted by molar-refractivity contribution is -0.231. The standard InChI is InChI=1S/C29H37F6N.C2H3N/c1-20(2)36(19-18-22-8-5-4-6-9-22)21(3)12-13-23-14-16-24(17-15-23)27-25(28(30,31)32)10-7-11-26(27)29(33,34)35;1-2-3/h4-6,8-9,14-17,20-21,25-27H,7,10-13,18-19H2,1-3H3;1H3. The molecule has 0 heterocycles. The van der Waals surface area contributed by atoms with E-state index in [-0.39, 0.29) is 30.9 Å². The Morgan fingerprint density at radius 1 is 0.821 bits per heavy atom. The Labute approximate surface area is 229 Å². The Kier molecular flexibility index (Phi) is 12.4. The lowest BCUT2D eigenvalue weighted by atomic mass is 9.68. The quantitative estimate of drug-likeness (QED) is 0.289. The van der Waals surface area contributed by atoms with E-state index in [0.717, 1.165) is 24.9 Å². The summed E-state index contributed by atoms with van der Waals surface area (Å²) < 4.78 is 82.0. The fourth-order valence-electron chi connectivity index (χ4n) is 5.73. The molecule has 3 unspecified atom stereocenters. The first kappa shape index (κ1) is 32.7. The second-order valence-electron chi connectivity index (χ2n) is 10.7. The van der Waals surface area contributed by atoms with Gasteiger partial charge in [0, 0.05) is 31.5 Å². The van der Waals surface area contributed by atoms with Gasteiger partial charge >= 0.3 is 12.4 Å². The van der Waals surface area contributed by atoms with Crippen molar-refractivity contribution in [1.29, 1.82) is 5.26 Å². The van der Waals surface area contributed by atoms with Crippen LogP contribution in [0.15, 0.2) is 54.6 Å². The van der Waals surface area contributed by atoms with E-state index < -0.39 is 30.1 Å². The molecule has 39 heavy (non-hydrogen) atoms. The molecule has 8 heteroatoms. The fourth-order valence-corrected chi connectivity index (χ4v) is 5.73. The average Bonchev–Trinajstić information content (AvgIpc) is 2.87. The summed E-state index contributed by atoms with van der Waals surface area (Å²) >= 11 is 0. The van der Waals surface area contributed by atoms with E-state index in [1.165, 1.54) is 24.6 Å². The van der Waals surface area contributed by atoms with E-state index in [1.807, 2.05) is 18.2 Å². The third-order valence-corrected chi connectivity index (χ3v) is 7.68. The highest BCUT2D eigenvalue weighted by Gasteiger charge is 2.56. The molecular weight excluding hydrogens is 514 g/mol. The Bertz CT molecular complexity index is 987. The molecule has 3 atom stereocenters. The SMILES string of the molecule is CC#N.CC(C)N(CCc1ccccc1)C(C)CCc1ccc(C2C(C(F)(F)F)CCCC2C(F)(F)F)cc1. The van der Waals surface area contributed by atoms with Crippen molar-refractivity contribution in [3.63, 3.8) is 0 Å². The third kappa shape index (κ3) is 9.86. The van der Waals surface area contributed by atoms with Crippen LogP contribution in [0.5, 0.6) is 0 Å². The van der Waals surface area contributed by atoms with Crippen LogP contribution >= 0.6 is 0 Å². The minimum absolute atomic E-state index is 0.0581. The van der Waals surface area contributed by atoms with Crippen molar-refractivity contribution in [2.75, 3.05) is 6.54 Å². The first-order valence-electron chi connectivity index (χ1n) is 13.6. The van der Waals surface area contributed by atoms with E-state index in [4.69, 9.17) is 5.26 Å². The minimum atomic E-state index is -4.65. The van der Waals surface area contributed by atoms with Crippen molar-refractivity contribution in [2.45, 2.75) is 96.6 Å². The normalized spacial score (nSPS) is 20.7. The predicted octanol–water partition coefficient (Wildman–Crippen LogP) is 9.12. The van der Waals surface area contributed by atoms with Crippen molar-refractivity contribution in [3.05, 3.63) is 71.3 Å². The van der Waals surface area contributed by atoms with Gasteiger partial charge in [0.05, 0.1) is 17.9 Å². The van der Waals surface area contributed by atoms with E-state index in [0.29, 0.717) is 12.5 Å². The van der Waals surface area contributed by atoms with Gasteiger partial charge < -0.3 is 0 Å². The Balaban J connectivity index is 0.00000170. The molecule has 0 spiro atoms.